The van der Waals surface area contributed by atoms with Crippen LogP contribution in [-0.4, -0.2) is 15.0 Å². The summed E-state index contributed by atoms with van der Waals surface area (Å²) < 4.78 is 39.8. The molecule has 0 N–H and O–H groups in total. The van der Waals surface area contributed by atoms with Crippen LogP contribution in [0.1, 0.15) is 30.1 Å². The van der Waals surface area contributed by atoms with Crippen molar-refractivity contribution in [2.24, 2.45) is 5.92 Å². The molecular formula is C25H22O4S. The van der Waals surface area contributed by atoms with Crippen LogP contribution in [0.5, 0.6) is 5.75 Å². The molecule has 5 heteroatoms. The van der Waals surface area contributed by atoms with E-state index in [0.29, 0.717) is 17.3 Å². The Bertz CT molecular complexity index is 1200. The van der Waals surface area contributed by atoms with E-state index in [0.717, 1.165) is 16.9 Å². The van der Waals surface area contributed by atoms with E-state index in [1.165, 1.54) is 0 Å². The van der Waals surface area contributed by atoms with Gasteiger partial charge in [0.1, 0.15) is 17.6 Å². The second kappa shape index (κ2) is 7.33. The van der Waals surface area contributed by atoms with Crippen LogP contribution in [0.4, 0.5) is 0 Å². The molecule has 0 radical (unpaired) electrons. The summed E-state index contributed by atoms with van der Waals surface area (Å²) in [6.45, 7) is 2.16. The largest absolute Gasteiger partial charge is 0.493 e. The third-order valence-electron chi connectivity index (χ3n) is 5.91. The summed E-state index contributed by atoms with van der Waals surface area (Å²) in [5.41, 5.74) is 1.91. The van der Waals surface area contributed by atoms with Gasteiger partial charge >= 0.3 is 0 Å². The van der Waals surface area contributed by atoms with Crippen LogP contribution < -0.4 is 4.74 Å². The lowest BCUT2D eigenvalue weighted by atomic mass is 9.77. The maximum absolute atomic E-state index is 13.7. The predicted octanol–water partition coefficient (Wildman–Crippen LogP) is 5.26. The van der Waals surface area contributed by atoms with Gasteiger partial charge in [0.2, 0.25) is 9.84 Å². The number of benzene rings is 3. The lowest BCUT2D eigenvalue weighted by Crippen LogP contribution is -2.38. The van der Waals surface area contributed by atoms with Crippen LogP contribution in [0.25, 0.3) is 0 Å². The van der Waals surface area contributed by atoms with E-state index < -0.39 is 9.84 Å². The minimum absolute atomic E-state index is 0.153. The van der Waals surface area contributed by atoms with Crippen LogP contribution in [0.2, 0.25) is 0 Å². The number of fused-ring (bicyclic) bond motifs is 3. The fraction of sp³-hybridized carbons (Fsp3) is 0.200. The van der Waals surface area contributed by atoms with Crippen molar-refractivity contribution in [1.29, 1.82) is 0 Å². The molecule has 2 aliphatic rings. The Morgan fingerprint density at radius 3 is 2.20 bits per heavy atom. The van der Waals surface area contributed by atoms with Gasteiger partial charge in [-0.1, -0.05) is 66.7 Å². The van der Waals surface area contributed by atoms with E-state index in [9.17, 15) is 8.42 Å². The average molecular weight is 419 g/mol. The van der Waals surface area contributed by atoms with Gasteiger partial charge in [0.05, 0.1) is 16.4 Å². The molecule has 0 spiro atoms. The summed E-state index contributed by atoms with van der Waals surface area (Å²) in [5.74, 6) is 0.699. The van der Waals surface area contributed by atoms with Crippen molar-refractivity contribution in [3.63, 3.8) is 0 Å². The van der Waals surface area contributed by atoms with E-state index in [2.05, 4.69) is 0 Å². The molecule has 0 saturated heterocycles. The van der Waals surface area contributed by atoms with Crippen molar-refractivity contribution in [3.8, 4) is 5.75 Å². The highest BCUT2D eigenvalue weighted by atomic mass is 32.2. The zero-order valence-electron chi connectivity index (χ0n) is 16.6. The van der Waals surface area contributed by atoms with Gasteiger partial charge in [-0.25, -0.2) is 8.42 Å². The molecule has 3 aromatic carbocycles. The fourth-order valence-electron chi connectivity index (χ4n) is 4.58. The van der Waals surface area contributed by atoms with Gasteiger partial charge in [0, 0.05) is 17.4 Å². The summed E-state index contributed by atoms with van der Waals surface area (Å²) in [7, 11) is -3.73. The van der Waals surface area contributed by atoms with E-state index in [1.54, 1.807) is 31.2 Å². The molecule has 3 atom stereocenters. The third-order valence-corrected chi connectivity index (χ3v) is 7.92. The molecule has 0 unspecified atom stereocenters. The van der Waals surface area contributed by atoms with E-state index >= 15 is 0 Å². The van der Waals surface area contributed by atoms with Gasteiger partial charge in [0.15, 0.2) is 0 Å². The first-order valence-electron chi connectivity index (χ1n) is 10.0. The molecule has 4 nitrogen and oxygen atoms in total. The van der Waals surface area contributed by atoms with E-state index in [1.807, 2.05) is 60.7 Å². The smallest absolute Gasteiger partial charge is 0.206 e. The van der Waals surface area contributed by atoms with Crippen LogP contribution in [0.15, 0.2) is 100 Å². The Balaban J connectivity index is 1.72. The summed E-state index contributed by atoms with van der Waals surface area (Å²) in [5, 5.41) is 0. The summed E-state index contributed by atoms with van der Waals surface area (Å²) in [6, 6.07) is 26.2. The minimum Gasteiger partial charge on any atom is -0.493 e. The number of rotatable bonds is 3. The van der Waals surface area contributed by atoms with Crippen molar-refractivity contribution in [3.05, 3.63) is 107 Å². The van der Waals surface area contributed by atoms with Crippen molar-refractivity contribution in [2.45, 2.75) is 23.8 Å². The zero-order valence-corrected chi connectivity index (χ0v) is 17.4. The molecule has 0 saturated carbocycles. The first-order chi connectivity index (χ1) is 14.6. The van der Waals surface area contributed by atoms with Crippen molar-refractivity contribution < 1.29 is 17.9 Å². The van der Waals surface area contributed by atoms with Crippen LogP contribution in [-0.2, 0) is 14.6 Å². The molecule has 0 bridgehead atoms. The highest BCUT2D eigenvalue weighted by molar-refractivity contribution is 7.95. The predicted molar refractivity (Wildman–Crippen MR) is 115 cm³/mol. The summed E-state index contributed by atoms with van der Waals surface area (Å²) in [4.78, 5) is 0.616. The van der Waals surface area contributed by atoms with Crippen molar-refractivity contribution in [2.75, 3.05) is 6.61 Å². The number of sulfone groups is 1. The Kier molecular flexibility index (Phi) is 4.63. The fourth-order valence-corrected chi connectivity index (χ4v) is 6.41. The van der Waals surface area contributed by atoms with Crippen LogP contribution >= 0.6 is 0 Å². The zero-order chi connectivity index (χ0) is 20.7. The molecule has 0 aromatic heterocycles. The van der Waals surface area contributed by atoms with Gasteiger partial charge < -0.3 is 9.47 Å². The molecule has 5 rings (SSSR count). The van der Waals surface area contributed by atoms with E-state index in [-0.39, 0.29) is 22.8 Å². The molecule has 2 heterocycles. The molecule has 2 aliphatic heterocycles. The van der Waals surface area contributed by atoms with Gasteiger partial charge in [-0.2, -0.15) is 0 Å². The second-order valence-corrected chi connectivity index (χ2v) is 9.59. The lowest BCUT2D eigenvalue weighted by molar-refractivity contribution is 0.00665. The summed E-state index contributed by atoms with van der Waals surface area (Å²) >= 11 is 0. The first kappa shape index (κ1) is 18.9. The topological polar surface area (TPSA) is 52.6 Å². The molecule has 3 aromatic rings. The van der Waals surface area contributed by atoms with E-state index in [4.69, 9.17) is 9.47 Å². The number of para-hydroxylation sites is 1. The quantitative estimate of drug-likeness (QED) is 0.583. The maximum atomic E-state index is 13.7. The number of allylic oxidation sites excluding steroid dienone is 2. The molecule has 0 aliphatic carbocycles. The number of hydrogen-bond donors (Lipinski definition) is 0. The highest BCUT2D eigenvalue weighted by Gasteiger charge is 2.48. The van der Waals surface area contributed by atoms with Gasteiger partial charge in [-0.3, -0.25) is 0 Å². The molecular weight excluding hydrogens is 396 g/mol. The second-order valence-electron chi connectivity index (χ2n) is 7.68. The monoisotopic (exact) mass is 418 g/mol. The first-order valence-corrected chi connectivity index (χ1v) is 11.5. The minimum atomic E-state index is -3.73. The molecule has 0 amide bonds. The number of hydrogen-bond acceptors (Lipinski definition) is 4. The Morgan fingerprint density at radius 1 is 0.833 bits per heavy atom. The average Bonchev–Trinajstić information content (AvgIpc) is 2.79. The van der Waals surface area contributed by atoms with Crippen molar-refractivity contribution in [1.82, 2.24) is 0 Å². The Hall–Kier alpha value is -3.05. The van der Waals surface area contributed by atoms with Gasteiger partial charge in [0.25, 0.3) is 0 Å². The SMILES string of the molecule is CC1=C(S(=O)(=O)c2ccccc2)[C@@H]2c3ccccc3OC[C@@H]2[C@@H](c2ccccc2)O1. The van der Waals surface area contributed by atoms with Crippen LogP contribution in [0.3, 0.4) is 0 Å². The third kappa shape index (κ3) is 3.01. The molecule has 0 fully saturated rings. The Morgan fingerprint density at radius 2 is 1.47 bits per heavy atom. The lowest BCUT2D eigenvalue weighted by Gasteiger charge is -2.43. The molecule has 152 valence electrons. The summed E-state index contributed by atoms with van der Waals surface area (Å²) in [6.07, 6.45) is -0.278. The standard InChI is InChI=1S/C25H22O4S/c1-17-25(30(26,27)19-12-6-3-7-13-19)23-20-14-8-9-15-22(20)28-16-21(23)24(29-17)18-10-4-2-5-11-18/h2-15,21,23-24H,16H2,1H3/t21-,23+,24+/m0/s1. The number of ether oxygens (including phenoxy) is 2. The van der Waals surface area contributed by atoms with Gasteiger partial charge in [-0.05, 0) is 30.7 Å². The highest BCUT2D eigenvalue weighted by Crippen LogP contribution is 2.54. The maximum Gasteiger partial charge on any atom is 0.206 e. The van der Waals surface area contributed by atoms with Gasteiger partial charge in [-0.15, -0.1) is 0 Å². The van der Waals surface area contributed by atoms with Crippen LogP contribution in [0, 0.1) is 5.92 Å². The Labute approximate surface area is 176 Å². The normalized spacial score (nSPS) is 23.0. The molecule has 30 heavy (non-hydrogen) atoms. The van der Waals surface area contributed by atoms with Crippen molar-refractivity contribution >= 4 is 9.84 Å².